The lowest BCUT2D eigenvalue weighted by Gasteiger charge is -2.32. The Bertz CT molecular complexity index is 1650. The lowest BCUT2D eigenvalue weighted by atomic mass is 9.88. The predicted octanol–water partition coefficient (Wildman–Crippen LogP) is 6.70. The van der Waals surface area contributed by atoms with Gasteiger partial charge < -0.3 is 23.5 Å². The third kappa shape index (κ3) is 5.63. The van der Waals surface area contributed by atoms with Crippen LogP contribution < -0.4 is 14.2 Å². The molecule has 2 aliphatic rings. The Balaban J connectivity index is 1.20. The number of benzene rings is 2. The van der Waals surface area contributed by atoms with E-state index in [1.165, 1.54) is 12.7 Å². The topological polar surface area (TPSA) is 87.9 Å². The molecular formula is C33H37ClN4O5. The fraction of sp³-hybridized carbons (Fsp3) is 0.424. The number of ether oxygens (including phenoxy) is 4. The fourth-order valence-electron chi connectivity index (χ4n) is 6.11. The minimum Gasteiger partial charge on any atom is -0.489 e. The number of hydrogen-bond donors (Lipinski definition) is 0. The Morgan fingerprint density at radius 1 is 1.16 bits per heavy atom. The molecule has 6 rings (SSSR count). The fourth-order valence-corrected chi connectivity index (χ4v) is 6.22. The number of likely N-dealkylation sites (tertiary alicyclic amines) is 1. The third-order valence-electron chi connectivity index (χ3n) is 8.19. The van der Waals surface area contributed by atoms with Gasteiger partial charge in [-0.15, -0.1) is 0 Å². The van der Waals surface area contributed by atoms with Gasteiger partial charge >= 0.3 is 5.97 Å². The van der Waals surface area contributed by atoms with E-state index in [4.69, 9.17) is 35.5 Å². The van der Waals surface area contributed by atoms with E-state index < -0.39 is 11.8 Å². The van der Waals surface area contributed by atoms with Crippen LogP contribution >= 0.6 is 11.6 Å². The van der Waals surface area contributed by atoms with Crippen molar-refractivity contribution >= 4 is 28.6 Å². The van der Waals surface area contributed by atoms with E-state index in [9.17, 15) is 4.79 Å². The Morgan fingerprint density at radius 2 is 1.95 bits per heavy atom. The number of nitrogens with zero attached hydrogens (tertiary/aromatic N) is 4. The van der Waals surface area contributed by atoms with E-state index in [1.54, 1.807) is 18.3 Å². The van der Waals surface area contributed by atoms with E-state index in [2.05, 4.69) is 27.4 Å². The first-order valence-corrected chi connectivity index (χ1v) is 15.2. The molecule has 1 fully saturated rings. The maximum atomic E-state index is 12.4. The zero-order chi connectivity index (χ0) is 30.3. The van der Waals surface area contributed by atoms with Crippen molar-refractivity contribution in [2.45, 2.75) is 71.4 Å². The van der Waals surface area contributed by atoms with Crippen LogP contribution in [0.1, 0.15) is 73.9 Å². The summed E-state index contributed by atoms with van der Waals surface area (Å²) >= 11 is 6.05. The highest BCUT2D eigenvalue weighted by Crippen LogP contribution is 2.49. The van der Waals surface area contributed by atoms with E-state index in [0.717, 1.165) is 60.8 Å². The molecule has 0 amide bonds. The molecule has 2 aromatic heterocycles. The number of para-hydroxylation sites is 1. The number of fused-ring (bicyclic) bond motifs is 2. The molecule has 43 heavy (non-hydrogen) atoms. The smallest absolute Gasteiger partial charge is 0.338 e. The maximum Gasteiger partial charge on any atom is 0.338 e. The lowest BCUT2D eigenvalue weighted by Crippen LogP contribution is -2.34. The molecule has 226 valence electrons. The van der Waals surface area contributed by atoms with Gasteiger partial charge in [-0.05, 0) is 83.0 Å². The first-order valence-electron chi connectivity index (χ1n) is 14.8. The van der Waals surface area contributed by atoms with Gasteiger partial charge in [-0.3, -0.25) is 9.88 Å². The summed E-state index contributed by atoms with van der Waals surface area (Å²) in [7, 11) is 1.39. The number of hydrogen-bond acceptors (Lipinski definition) is 8. The van der Waals surface area contributed by atoms with Crippen LogP contribution in [-0.2, 0) is 23.6 Å². The van der Waals surface area contributed by atoms with Crippen molar-refractivity contribution < 1.29 is 23.7 Å². The highest BCUT2D eigenvalue weighted by Gasteiger charge is 2.42. The SMILES string of the molecule is CCn1c(CN2CCC(c3cccc4c3O[C@@](C)(c3ccc(Cl)cn3)O4)CC2)nc2c(OC(C)C)cc(C(=O)OC)cc21. The second kappa shape index (κ2) is 11.7. The van der Waals surface area contributed by atoms with Crippen LogP contribution in [0.25, 0.3) is 11.0 Å². The summed E-state index contributed by atoms with van der Waals surface area (Å²) in [6.07, 6.45) is 3.52. The molecule has 2 aromatic carbocycles. The van der Waals surface area contributed by atoms with E-state index in [1.807, 2.05) is 45.0 Å². The Hall–Kier alpha value is -3.82. The summed E-state index contributed by atoms with van der Waals surface area (Å²) in [6.45, 7) is 11.2. The first-order chi connectivity index (χ1) is 20.7. The zero-order valence-electron chi connectivity index (χ0n) is 25.2. The molecule has 0 radical (unpaired) electrons. The zero-order valence-corrected chi connectivity index (χ0v) is 26.0. The second-order valence-corrected chi connectivity index (χ2v) is 11.9. The van der Waals surface area contributed by atoms with Gasteiger partial charge in [0.1, 0.15) is 22.8 Å². The highest BCUT2D eigenvalue weighted by molar-refractivity contribution is 6.30. The quantitative estimate of drug-likeness (QED) is 0.205. The average Bonchev–Trinajstić information content (AvgIpc) is 3.54. The summed E-state index contributed by atoms with van der Waals surface area (Å²) in [5, 5.41) is 0.570. The van der Waals surface area contributed by atoms with Crippen molar-refractivity contribution in [1.29, 1.82) is 0 Å². The molecule has 0 spiro atoms. The molecule has 4 aromatic rings. The second-order valence-electron chi connectivity index (χ2n) is 11.5. The number of imidazole rings is 1. The van der Waals surface area contributed by atoms with Gasteiger partial charge in [-0.2, -0.15) is 0 Å². The van der Waals surface area contributed by atoms with Crippen LogP contribution in [0.4, 0.5) is 0 Å². The summed E-state index contributed by atoms with van der Waals surface area (Å²) in [5.74, 6) is 2.03. The molecule has 2 aliphatic heterocycles. The Kier molecular flexibility index (Phi) is 7.96. The standard InChI is InChI=1S/C33H37ClN4O5/c1-6-38-25-16-22(32(39)40-5)17-27(41-20(2)3)30(25)36-29(38)19-37-14-12-21(13-15-37)24-8-7-9-26-31(24)43-33(4,42-26)28-11-10-23(34)18-35-28/h7-11,16-18,20-21H,6,12-15,19H2,1-5H3/t33-/m0/s1. The normalized spacial score (nSPS) is 18.9. The van der Waals surface area contributed by atoms with Crippen molar-refractivity contribution in [2.75, 3.05) is 20.2 Å². The molecule has 0 bridgehead atoms. The Labute approximate surface area is 256 Å². The molecule has 1 atom stereocenters. The summed E-state index contributed by atoms with van der Waals surface area (Å²) in [5.41, 5.74) is 3.94. The number of carbonyl (C=O) groups excluding carboxylic acids is 1. The van der Waals surface area contributed by atoms with Gasteiger partial charge in [-0.25, -0.2) is 9.78 Å². The van der Waals surface area contributed by atoms with E-state index >= 15 is 0 Å². The first kappa shape index (κ1) is 29.3. The van der Waals surface area contributed by atoms with Crippen molar-refractivity contribution in [1.82, 2.24) is 19.4 Å². The predicted molar refractivity (Wildman–Crippen MR) is 164 cm³/mol. The number of rotatable bonds is 8. The van der Waals surface area contributed by atoms with Crippen molar-refractivity contribution in [3.63, 3.8) is 0 Å². The van der Waals surface area contributed by atoms with Crippen LogP contribution in [-0.4, -0.2) is 51.7 Å². The number of piperidine rings is 1. The van der Waals surface area contributed by atoms with Crippen LogP contribution in [0.2, 0.25) is 5.02 Å². The highest BCUT2D eigenvalue weighted by atomic mass is 35.5. The number of carbonyl (C=O) groups is 1. The monoisotopic (exact) mass is 604 g/mol. The number of aryl methyl sites for hydroxylation is 1. The van der Waals surface area contributed by atoms with E-state index in [0.29, 0.717) is 34.5 Å². The van der Waals surface area contributed by atoms with Gasteiger partial charge in [0.25, 0.3) is 5.79 Å². The molecule has 4 heterocycles. The number of halogens is 1. The summed E-state index contributed by atoms with van der Waals surface area (Å²) in [4.78, 5) is 24.3. The van der Waals surface area contributed by atoms with Gasteiger partial charge in [0.2, 0.25) is 0 Å². The van der Waals surface area contributed by atoms with Crippen LogP contribution in [0.15, 0.2) is 48.7 Å². The molecule has 1 saturated heterocycles. The maximum absolute atomic E-state index is 12.4. The third-order valence-corrected chi connectivity index (χ3v) is 8.42. The summed E-state index contributed by atoms with van der Waals surface area (Å²) < 4.78 is 26.0. The molecular weight excluding hydrogens is 568 g/mol. The number of aromatic nitrogens is 3. The molecule has 0 aliphatic carbocycles. The number of methoxy groups -OCH3 is 1. The number of pyridine rings is 1. The van der Waals surface area contributed by atoms with Crippen LogP contribution in [0, 0.1) is 0 Å². The largest absolute Gasteiger partial charge is 0.489 e. The summed E-state index contributed by atoms with van der Waals surface area (Å²) in [6, 6.07) is 13.4. The van der Waals surface area contributed by atoms with Gasteiger partial charge in [0.15, 0.2) is 11.5 Å². The van der Waals surface area contributed by atoms with Gasteiger partial charge in [-0.1, -0.05) is 23.7 Å². The van der Waals surface area contributed by atoms with Crippen molar-refractivity contribution in [2.24, 2.45) is 0 Å². The van der Waals surface area contributed by atoms with Gasteiger partial charge in [0, 0.05) is 25.2 Å². The van der Waals surface area contributed by atoms with Gasteiger partial charge in [0.05, 0.1) is 35.9 Å². The van der Waals surface area contributed by atoms with E-state index in [-0.39, 0.29) is 6.10 Å². The van der Waals surface area contributed by atoms with Crippen LogP contribution in [0.3, 0.4) is 0 Å². The van der Waals surface area contributed by atoms with Crippen LogP contribution in [0.5, 0.6) is 17.2 Å². The molecule has 0 unspecified atom stereocenters. The van der Waals surface area contributed by atoms with Crippen molar-refractivity contribution in [3.05, 3.63) is 76.3 Å². The minimum absolute atomic E-state index is 0.0560. The minimum atomic E-state index is -1.01. The molecule has 9 nitrogen and oxygen atoms in total. The molecule has 0 saturated carbocycles. The molecule has 0 N–H and O–H groups in total. The number of esters is 1. The van der Waals surface area contributed by atoms with Crippen molar-refractivity contribution in [3.8, 4) is 17.2 Å². The lowest BCUT2D eigenvalue weighted by molar-refractivity contribution is -0.0722. The Morgan fingerprint density at radius 3 is 2.63 bits per heavy atom. The average molecular weight is 605 g/mol. The molecule has 10 heteroatoms.